The van der Waals surface area contributed by atoms with E-state index in [1.807, 2.05) is 0 Å². The molecule has 0 amide bonds. The molecule has 0 aliphatic heterocycles. The van der Waals surface area contributed by atoms with E-state index in [1.54, 1.807) is 11.3 Å². The van der Waals surface area contributed by atoms with Crippen LogP contribution < -0.4 is 4.90 Å². The second kappa shape index (κ2) is 13.5. The minimum Gasteiger partial charge on any atom is -0.455 e. The lowest BCUT2D eigenvalue weighted by molar-refractivity contribution is 0.672. The largest absolute Gasteiger partial charge is 0.455 e. The molecule has 2 aromatic heterocycles. The Kier molecular flexibility index (Phi) is 7.48. The first kappa shape index (κ1) is 35.5. The van der Waals surface area contributed by atoms with Crippen LogP contribution in [0.2, 0.25) is 0 Å². The molecule has 0 saturated carbocycles. The van der Waals surface area contributed by atoms with Gasteiger partial charge in [0, 0.05) is 33.0 Å². The van der Waals surface area contributed by atoms with Crippen molar-refractivity contribution >= 4 is 71.3 Å². The van der Waals surface area contributed by atoms with E-state index >= 15 is 0 Å². The fourth-order valence-electron chi connectivity index (χ4n) is 11.1. The third-order valence-electron chi connectivity index (χ3n) is 13.7. The smallest absolute Gasteiger partial charge is 0.145 e. The third-order valence-corrected chi connectivity index (χ3v) is 14.8. The molecule has 0 bridgehead atoms. The summed E-state index contributed by atoms with van der Waals surface area (Å²) in [6.07, 6.45) is 0. The fourth-order valence-corrected chi connectivity index (χ4v) is 12.1. The second-order valence-electron chi connectivity index (χ2n) is 16.9. The van der Waals surface area contributed by atoms with Crippen molar-refractivity contribution in [3.63, 3.8) is 0 Å². The van der Waals surface area contributed by atoms with Crippen LogP contribution in [0.25, 0.3) is 86.9 Å². The highest BCUT2D eigenvalue weighted by atomic mass is 32.1. The van der Waals surface area contributed by atoms with Crippen molar-refractivity contribution in [2.45, 2.75) is 5.41 Å². The monoisotopic (exact) mass is 832 g/mol. The molecule has 12 aromatic rings. The summed E-state index contributed by atoms with van der Waals surface area (Å²) in [7, 11) is 0. The van der Waals surface area contributed by atoms with Crippen molar-refractivity contribution in [2.24, 2.45) is 0 Å². The molecule has 0 N–H and O–H groups in total. The molecule has 0 atom stereocenters. The molecule has 14 rings (SSSR count). The van der Waals surface area contributed by atoms with Crippen LogP contribution in [0.3, 0.4) is 0 Å². The number of aromatic nitrogens is 1. The summed E-state index contributed by atoms with van der Waals surface area (Å²) in [5, 5.41) is 5.32. The Morgan fingerprint density at radius 1 is 0.422 bits per heavy atom. The molecule has 0 fully saturated rings. The van der Waals surface area contributed by atoms with E-state index in [4.69, 9.17) is 9.40 Å². The van der Waals surface area contributed by atoms with E-state index in [2.05, 4.69) is 223 Å². The Hall–Kier alpha value is -8.05. The summed E-state index contributed by atoms with van der Waals surface area (Å²) < 4.78 is 8.18. The van der Waals surface area contributed by atoms with Gasteiger partial charge in [-0.1, -0.05) is 164 Å². The Morgan fingerprint density at radius 2 is 1.05 bits per heavy atom. The second-order valence-corrected chi connectivity index (χ2v) is 17.9. The standard InChI is InChI=1S/C60H36N2OS/c1-2-15-37(16-3-1)38-29-31-39(32-30-38)62(52-26-14-24-50-56(52)46-20-6-10-23-49(46)60(50)47-21-8-4-17-40(47)41-18-5-9-22-48(41)60)53-36-35-45(59-61-51-25-11-13-28-55(51)64-59)43-33-34-44-42-19-7-12-27-54(42)63-58(44)57(43)53/h1-36H. The van der Waals surface area contributed by atoms with Crippen molar-refractivity contribution < 1.29 is 4.42 Å². The normalized spacial score (nSPS) is 13.1. The van der Waals surface area contributed by atoms with Crippen LogP contribution in [0.15, 0.2) is 223 Å². The van der Waals surface area contributed by atoms with Gasteiger partial charge in [-0.3, -0.25) is 0 Å². The minimum atomic E-state index is -0.483. The Balaban J connectivity index is 1.10. The molecule has 0 unspecified atom stereocenters. The van der Waals surface area contributed by atoms with Gasteiger partial charge in [0.05, 0.1) is 27.0 Å². The van der Waals surface area contributed by atoms with E-state index in [1.165, 1.54) is 60.3 Å². The molecule has 3 nitrogen and oxygen atoms in total. The topological polar surface area (TPSA) is 29.3 Å². The predicted octanol–water partition coefficient (Wildman–Crippen LogP) is 16.5. The number of para-hydroxylation sites is 2. The first-order valence-corrected chi connectivity index (χ1v) is 22.7. The molecule has 0 radical (unpaired) electrons. The predicted molar refractivity (Wildman–Crippen MR) is 266 cm³/mol. The van der Waals surface area contributed by atoms with Crippen molar-refractivity contribution in [1.29, 1.82) is 0 Å². The number of rotatable bonds is 5. The average Bonchev–Trinajstić information content (AvgIpc) is 4.12. The summed E-state index contributed by atoms with van der Waals surface area (Å²) in [5.41, 5.74) is 19.2. The minimum absolute atomic E-state index is 0.483. The zero-order valence-electron chi connectivity index (χ0n) is 34.5. The quantitative estimate of drug-likeness (QED) is 0.173. The highest BCUT2D eigenvalue weighted by Crippen LogP contribution is 2.65. The van der Waals surface area contributed by atoms with Gasteiger partial charge in [0.2, 0.25) is 0 Å². The maximum atomic E-state index is 7.01. The van der Waals surface area contributed by atoms with E-state index in [9.17, 15) is 0 Å². The van der Waals surface area contributed by atoms with E-state index < -0.39 is 5.41 Å². The lowest BCUT2D eigenvalue weighted by Crippen LogP contribution is -2.26. The van der Waals surface area contributed by atoms with E-state index in [-0.39, 0.29) is 0 Å². The van der Waals surface area contributed by atoms with Gasteiger partial charge in [-0.15, -0.1) is 11.3 Å². The molecular formula is C60H36N2OS. The Morgan fingerprint density at radius 3 is 1.83 bits per heavy atom. The van der Waals surface area contributed by atoms with Gasteiger partial charge in [0.25, 0.3) is 0 Å². The van der Waals surface area contributed by atoms with Crippen LogP contribution >= 0.6 is 11.3 Å². The van der Waals surface area contributed by atoms with Crippen LogP contribution in [0.1, 0.15) is 22.3 Å². The molecule has 298 valence electrons. The van der Waals surface area contributed by atoms with Crippen LogP contribution in [-0.2, 0) is 5.41 Å². The number of hydrogen-bond donors (Lipinski definition) is 0. The highest BCUT2D eigenvalue weighted by Gasteiger charge is 2.52. The molecule has 4 heteroatoms. The van der Waals surface area contributed by atoms with E-state index in [0.717, 1.165) is 65.9 Å². The third kappa shape index (κ3) is 4.83. The zero-order chi connectivity index (χ0) is 41.9. The maximum Gasteiger partial charge on any atom is 0.145 e. The van der Waals surface area contributed by atoms with Crippen molar-refractivity contribution in [3.8, 4) is 44.0 Å². The highest BCUT2D eigenvalue weighted by molar-refractivity contribution is 7.21. The summed E-state index contributed by atoms with van der Waals surface area (Å²) in [6, 6.07) is 79.7. The van der Waals surface area contributed by atoms with Gasteiger partial charge >= 0.3 is 0 Å². The fraction of sp³-hybridized carbons (Fsp3) is 0.0167. The van der Waals surface area contributed by atoms with Gasteiger partial charge in [-0.25, -0.2) is 4.98 Å². The first-order chi connectivity index (χ1) is 31.8. The number of benzene rings is 10. The van der Waals surface area contributed by atoms with Gasteiger partial charge in [-0.05, 0) is 110 Å². The van der Waals surface area contributed by atoms with Crippen LogP contribution in [0, 0.1) is 0 Å². The molecule has 2 aliphatic carbocycles. The van der Waals surface area contributed by atoms with Crippen LogP contribution in [0.4, 0.5) is 17.1 Å². The van der Waals surface area contributed by atoms with Gasteiger partial charge in [0.15, 0.2) is 0 Å². The Bertz CT molecular complexity index is 3780. The molecule has 0 saturated heterocycles. The summed E-state index contributed by atoms with van der Waals surface area (Å²) >= 11 is 1.73. The van der Waals surface area contributed by atoms with Crippen molar-refractivity contribution in [1.82, 2.24) is 4.98 Å². The van der Waals surface area contributed by atoms with E-state index in [0.29, 0.717) is 0 Å². The Labute approximate surface area is 373 Å². The molecule has 10 aromatic carbocycles. The lowest BCUT2D eigenvalue weighted by Gasteiger charge is -2.32. The number of fused-ring (bicyclic) bond motifs is 16. The number of hydrogen-bond acceptors (Lipinski definition) is 4. The molecule has 64 heavy (non-hydrogen) atoms. The molecule has 1 spiro atoms. The SMILES string of the molecule is c1ccc(-c2ccc(N(c3cccc4c3-c3ccccc3C43c4ccccc4-c4ccccc43)c3ccc(-c4nc5ccccc5s4)c4ccc5c6ccccc6oc5c34)cc2)cc1. The summed E-state index contributed by atoms with van der Waals surface area (Å²) in [6.45, 7) is 0. The van der Waals surface area contributed by atoms with Gasteiger partial charge in [0.1, 0.15) is 16.2 Å². The zero-order valence-corrected chi connectivity index (χ0v) is 35.3. The average molecular weight is 833 g/mol. The molecular weight excluding hydrogens is 797 g/mol. The van der Waals surface area contributed by atoms with Gasteiger partial charge in [-0.2, -0.15) is 0 Å². The van der Waals surface area contributed by atoms with Gasteiger partial charge < -0.3 is 9.32 Å². The number of nitrogens with zero attached hydrogens (tertiary/aromatic N) is 2. The first-order valence-electron chi connectivity index (χ1n) is 21.9. The van der Waals surface area contributed by atoms with Crippen molar-refractivity contribution in [2.75, 3.05) is 4.90 Å². The molecule has 2 heterocycles. The summed E-state index contributed by atoms with van der Waals surface area (Å²) in [4.78, 5) is 7.70. The number of thiazole rings is 1. The number of anilines is 3. The summed E-state index contributed by atoms with van der Waals surface area (Å²) in [5.74, 6) is 0. The molecule has 2 aliphatic rings. The lowest BCUT2D eigenvalue weighted by atomic mass is 9.70. The van der Waals surface area contributed by atoms with Crippen LogP contribution in [-0.4, -0.2) is 4.98 Å². The van der Waals surface area contributed by atoms with Crippen molar-refractivity contribution in [3.05, 3.63) is 241 Å². The maximum absolute atomic E-state index is 7.01. The number of furan rings is 1. The van der Waals surface area contributed by atoms with Crippen LogP contribution in [0.5, 0.6) is 0 Å².